The quantitative estimate of drug-likeness (QED) is 0.222. The van der Waals surface area contributed by atoms with E-state index in [1.165, 1.54) is 22.9 Å². The Balaban J connectivity index is 2.03. The minimum Gasteiger partial charge on any atom is -0.330 e. The van der Waals surface area contributed by atoms with Crippen molar-refractivity contribution in [3.05, 3.63) is 69.8 Å². The fraction of sp³-hybridized carbons (Fsp3) is 0.346. The maximum Gasteiger partial charge on any atom is 0.0949 e. The average Bonchev–Trinajstić information content (AvgIpc) is 2.95. The van der Waals surface area contributed by atoms with E-state index in [0.717, 1.165) is 35.1 Å². The van der Waals surface area contributed by atoms with E-state index in [9.17, 15) is 0 Å². The molecule has 2 nitrogen and oxygen atoms in total. The number of hydrogen-bond acceptors (Lipinski definition) is 1. The van der Waals surface area contributed by atoms with Crippen LogP contribution in [0.3, 0.4) is 0 Å². The van der Waals surface area contributed by atoms with Crippen molar-refractivity contribution in [1.29, 1.82) is 0 Å². The van der Waals surface area contributed by atoms with Gasteiger partial charge in [0.05, 0.1) is 10.1 Å². The predicted molar refractivity (Wildman–Crippen MR) is 129 cm³/mol. The lowest BCUT2D eigenvalue weighted by Crippen LogP contribution is -2.09. The SMILES string of the molecule is CCCCC#Cc1ccccc1Cn1c(Br)c(C=NC(C)(C)C)c2ccccc21. The van der Waals surface area contributed by atoms with Crippen LogP contribution in [0.4, 0.5) is 0 Å². The summed E-state index contributed by atoms with van der Waals surface area (Å²) in [4.78, 5) is 4.74. The van der Waals surface area contributed by atoms with Gasteiger partial charge < -0.3 is 4.57 Å². The van der Waals surface area contributed by atoms with Crippen LogP contribution in [0.15, 0.2) is 58.1 Å². The first kappa shape index (κ1) is 21.4. The molecule has 29 heavy (non-hydrogen) atoms. The van der Waals surface area contributed by atoms with Crippen LogP contribution in [-0.2, 0) is 6.54 Å². The number of aliphatic imine (C=N–C) groups is 1. The summed E-state index contributed by atoms with van der Waals surface area (Å²) in [5.74, 6) is 6.71. The zero-order chi connectivity index (χ0) is 20.9. The van der Waals surface area contributed by atoms with Crippen molar-refractivity contribution in [3.63, 3.8) is 0 Å². The molecule has 0 aliphatic rings. The summed E-state index contributed by atoms with van der Waals surface area (Å²) in [5, 5.41) is 1.21. The van der Waals surface area contributed by atoms with E-state index < -0.39 is 0 Å². The van der Waals surface area contributed by atoms with Crippen molar-refractivity contribution >= 4 is 33.0 Å². The number of aromatic nitrogens is 1. The molecule has 3 heteroatoms. The lowest BCUT2D eigenvalue weighted by atomic mass is 10.1. The van der Waals surface area contributed by atoms with E-state index in [1.807, 2.05) is 6.21 Å². The second kappa shape index (κ2) is 9.46. The normalized spacial score (nSPS) is 11.8. The Kier molecular flexibility index (Phi) is 6.98. The molecule has 1 heterocycles. The van der Waals surface area contributed by atoms with Gasteiger partial charge in [0.1, 0.15) is 0 Å². The fourth-order valence-electron chi connectivity index (χ4n) is 3.21. The molecular weight excluding hydrogens is 420 g/mol. The molecule has 0 amide bonds. The van der Waals surface area contributed by atoms with E-state index in [-0.39, 0.29) is 5.54 Å². The molecule has 3 aromatic rings. The molecule has 0 spiro atoms. The Morgan fingerprint density at radius 2 is 1.79 bits per heavy atom. The van der Waals surface area contributed by atoms with Gasteiger partial charge in [-0.2, -0.15) is 0 Å². The minimum absolute atomic E-state index is 0.108. The molecule has 0 saturated heterocycles. The molecule has 0 aliphatic heterocycles. The Morgan fingerprint density at radius 1 is 1.07 bits per heavy atom. The van der Waals surface area contributed by atoms with Crippen molar-refractivity contribution in [2.75, 3.05) is 0 Å². The molecule has 0 bridgehead atoms. The number of para-hydroxylation sites is 1. The predicted octanol–water partition coefficient (Wildman–Crippen LogP) is 7.21. The monoisotopic (exact) mass is 448 g/mol. The summed E-state index contributed by atoms with van der Waals surface area (Å²) in [6.07, 6.45) is 5.28. The van der Waals surface area contributed by atoms with Crippen LogP contribution in [0.25, 0.3) is 10.9 Å². The summed E-state index contributed by atoms with van der Waals surface area (Å²) < 4.78 is 3.37. The topological polar surface area (TPSA) is 17.3 Å². The number of halogens is 1. The minimum atomic E-state index is -0.108. The number of fused-ring (bicyclic) bond motifs is 1. The van der Waals surface area contributed by atoms with Crippen molar-refractivity contribution in [1.82, 2.24) is 4.57 Å². The first-order chi connectivity index (χ1) is 13.9. The van der Waals surface area contributed by atoms with Crippen molar-refractivity contribution < 1.29 is 0 Å². The molecule has 1 aromatic heterocycles. The Morgan fingerprint density at radius 3 is 2.55 bits per heavy atom. The Hall–Kier alpha value is -2.31. The van der Waals surface area contributed by atoms with Gasteiger partial charge in [0.2, 0.25) is 0 Å². The molecule has 0 saturated carbocycles. The summed E-state index contributed by atoms with van der Waals surface area (Å²) in [7, 11) is 0. The summed E-state index contributed by atoms with van der Waals surface area (Å²) in [6, 6.07) is 17.0. The van der Waals surface area contributed by atoms with Gasteiger partial charge in [0.25, 0.3) is 0 Å². The van der Waals surface area contributed by atoms with E-state index in [4.69, 9.17) is 4.99 Å². The second-order valence-corrected chi connectivity index (χ2v) is 9.05. The lowest BCUT2D eigenvalue weighted by Gasteiger charge is -2.11. The number of rotatable bonds is 5. The van der Waals surface area contributed by atoms with Gasteiger partial charge in [-0.3, -0.25) is 4.99 Å². The first-order valence-corrected chi connectivity index (χ1v) is 11.1. The van der Waals surface area contributed by atoms with Crippen molar-refractivity contribution in [2.24, 2.45) is 4.99 Å². The molecule has 0 atom stereocenters. The molecule has 150 valence electrons. The third-order valence-corrected chi connectivity index (χ3v) is 5.60. The van der Waals surface area contributed by atoms with Gasteiger partial charge in [-0.05, 0) is 60.8 Å². The zero-order valence-corrected chi connectivity index (χ0v) is 19.4. The van der Waals surface area contributed by atoms with Crippen LogP contribution in [0.5, 0.6) is 0 Å². The standard InChI is InChI=1S/C26H29BrN2/c1-5-6-7-8-13-20-14-9-10-15-21(20)19-29-24-17-12-11-16-22(24)23(25(29)27)18-28-26(2,3)4/h9-12,14-18H,5-7,19H2,1-4H3. The van der Waals surface area contributed by atoms with Crippen molar-refractivity contribution in [2.45, 2.75) is 59.0 Å². The molecule has 3 rings (SSSR count). The summed E-state index contributed by atoms with van der Waals surface area (Å²) in [5.41, 5.74) is 4.56. The molecular formula is C26H29BrN2. The van der Waals surface area contributed by atoms with E-state index in [0.29, 0.717) is 0 Å². The highest BCUT2D eigenvalue weighted by Crippen LogP contribution is 2.31. The maximum atomic E-state index is 4.74. The third kappa shape index (κ3) is 5.40. The largest absolute Gasteiger partial charge is 0.330 e. The molecule has 0 N–H and O–H groups in total. The third-order valence-electron chi connectivity index (χ3n) is 4.75. The number of unbranched alkanes of at least 4 members (excludes halogenated alkanes) is 2. The zero-order valence-electron chi connectivity index (χ0n) is 17.8. The van der Waals surface area contributed by atoms with Crippen molar-refractivity contribution in [3.8, 4) is 11.8 Å². The molecule has 0 unspecified atom stereocenters. The molecule has 0 aliphatic carbocycles. The number of nitrogens with zero attached hydrogens (tertiary/aromatic N) is 2. The fourth-order valence-corrected chi connectivity index (χ4v) is 3.84. The van der Waals surface area contributed by atoms with Gasteiger partial charge in [-0.25, -0.2) is 0 Å². The van der Waals surface area contributed by atoms with Crippen LogP contribution in [0, 0.1) is 11.8 Å². The van der Waals surface area contributed by atoms with E-state index in [2.05, 4.69) is 109 Å². The lowest BCUT2D eigenvalue weighted by molar-refractivity contribution is 0.586. The van der Waals surface area contributed by atoms with Crippen LogP contribution < -0.4 is 0 Å². The Bertz CT molecular complexity index is 1070. The van der Waals surface area contributed by atoms with E-state index in [1.54, 1.807) is 0 Å². The van der Waals surface area contributed by atoms with E-state index >= 15 is 0 Å². The maximum absolute atomic E-state index is 4.74. The van der Waals surface area contributed by atoms with Crippen LogP contribution in [0.1, 0.15) is 63.6 Å². The second-order valence-electron chi connectivity index (χ2n) is 8.30. The Labute approximate surface area is 183 Å². The smallest absolute Gasteiger partial charge is 0.0949 e. The van der Waals surface area contributed by atoms with Gasteiger partial charge in [0, 0.05) is 41.2 Å². The number of benzene rings is 2. The van der Waals surface area contributed by atoms with Gasteiger partial charge >= 0.3 is 0 Å². The van der Waals surface area contributed by atoms with Gasteiger partial charge in [-0.1, -0.05) is 61.6 Å². The average molecular weight is 449 g/mol. The molecule has 0 fully saturated rings. The van der Waals surface area contributed by atoms with Crippen LogP contribution in [0.2, 0.25) is 0 Å². The highest BCUT2D eigenvalue weighted by molar-refractivity contribution is 9.10. The first-order valence-electron chi connectivity index (χ1n) is 10.3. The molecule has 2 aromatic carbocycles. The highest BCUT2D eigenvalue weighted by atomic mass is 79.9. The summed E-state index contributed by atoms with van der Waals surface area (Å²) in [6.45, 7) is 9.31. The van der Waals surface area contributed by atoms with Crippen LogP contribution >= 0.6 is 15.9 Å². The molecule has 0 radical (unpaired) electrons. The number of hydrogen-bond donors (Lipinski definition) is 0. The van der Waals surface area contributed by atoms with Crippen LogP contribution in [-0.4, -0.2) is 16.3 Å². The summed E-state index contributed by atoms with van der Waals surface area (Å²) >= 11 is 3.85. The highest BCUT2D eigenvalue weighted by Gasteiger charge is 2.16. The van der Waals surface area contributed by atoms with Gasteiger partial charge in [-0.15, -0.1) is 0 Å². The van der Waals surface area contributed by atoms with Gasteiger partial charge in [0.15, 0.2) is 0 Å².